The highest BCUT2D eigenvalue weighted by molar-refractivity contribution is 5.32. The van der Waals surface area contributed by atoms with Gasteiger partial charge in [0, 0.05) is 6.20 Å². The highest BCUT2D eigenvalue weighted by Gasteiger charge is 2.04. The van der Waals surface area contributed by atoms with Crippen LogP contribution in [0.15, 0.2) is 18.3 Å². The standard InChI is InChI=1S/C11H17NO2/c1-3-8-13-10-6-5-7-12-11(10)14-9-4-2/h5-7H,3-4,8-9H2,1-2H3. The summed E-state index contributed by atoms with van der Waals surface area (Å²) in [6.45, 7) is 5.52. The molecule has 0 saturated heterocycles. The predicted molar refractivity (Wildman–Crippen MR) is 55.8 cm³/mol. The first-order valence-electron chi connectivity index (χ1n) is 5.09. The van der Waals surface area contributed by atoms with E-state index in [1.54, 1.807) is 6.20 Å². The van der Waals surface area contributed by atoms with E-state index in [0.717, 1.165) is 18.6 Å². The fraction of sp³-hybridized carbons (Fsp3) is 0.545. The smallest absolute Gasteiger partial charge is 0.256 e. The van der Waals surface area contributed by atoms with E-state index in [0.29, 0.717) is 19.1 Å². The molecule has 0 fully saturated rings. The van der Waals surface area contributed by atoms with Crippen LogP contribution in [0, 0.1) is 0 Å². The number of nitrogens with zero attached hydrogens (tertiary/aromatic N) is 1. The van der Waals surface area contributed by atoms with E-state index in [1.165, 1.54) is 0 Å². The molecule has 1 rings (SSSR count). The third-order valence-corrected chi connectivity index (χ3v) is 1.64. The van der Waals surface area contributed by atoms with E-state index in [1.807, 2.05) is 12.1 Å². The molecular weight excluding hydrogens is 178 g/mol. The Labute approximate surface area is 85.1 Å². The topological polar surface area (TPSA) is 31.4 Å². The van der Waals surface area contributed by atoms with E-state index >= 15 is 0 Å². The number of hydrogen-bond donors (Lipinski definition) is 0. The maximum absolute atomic E-state index is 5.50. The Morgan fingerprint density at radius 2 is 1.86 bits per heavy atom. The van der Waals surface area contributed by atoms with E-state index in [2.05, 4.69) is 18.8 Å². The molecule has 1 heterocycles. The van der Waals surface area contributed by atoms with E-state index < -0.39 is 0 Å². The van der Waals surface area contributed by atoms with Crippen LogP contribution in [0.5, 0.6) is 11.6 Å². The van der Waals surface area contributed by atoms with Gasteiger partial charge in [-0.15, -0.1) is 0 Å². The number of hydrogen-bond acceptors (Lipinski definition) is 3. The summed E-state index contributed by atoms with van der Waals surface area (Å²) in [7, 11) is 0. The number of ether oxygens (including phenoxy) is 2. The van der Waals surface area contributed by atoms with Crippen LogP contribution in [-0.2, 0) is 0 Å². The van der Waals surface area contributed by atoms with Gasteiger partial charge < -0.3 is 9.47 Å². The van der Waals surface area contributed by atoms with Crippen molar-refractivity contribution in [3.05, 3.63) is 18.3 Å². The van der Waals surface area contributed by atoms with Crippen molar-refractivity contribution < 1.29 is 9.47 Å². The Bertz CT molecular complexity index is 236. The molecule has 0 N–H and O–H groups in total. The number of aromatic nitrogens is 1. The SMILES string of the molecule is CCCOc1cccnc1OCCC. The zero-order valence-electron chi connectivity index (χ0n) is 8.82. The average molecular weight is 195 g/mol. The molecule has 0 saturated carbocycles. The molecule has 1 aromatic heterocycles. The van der Waals surface area contributed by atoms with Gasteiger partial charge in [-0.1, -0.05) is 13.8 Å². The lowest BCUT2D eigenvalue weighted by Gasteiger charge is -2.09. The molecule has 3 heteroatoms. The monoisotopic (exact) mass is 195 g/mol. The van der Waals surface area contributed by atoms with E-state index in [-0.39, 0.29) is 0 Å². The second-order valence-corrected chi connectivity index (χ2v) is 3.00. The highest BCUT2D eigenvalue weighted by Crippen LogP contribution is 2.23. The second-order valence-electron chi connectivity index (χ2n) is 3.00. The maximum Gasteiger partial charge on any atom is 0.256 e. The summed E-state index contributed by atoms with van der Waals surface area (Å²) in [5.41, 5.74) is 0. The summed E-state index contributed by atoms with van der Waals surface area (Å²) in [5, 5.41) is 0. The average Bonchev–Trinajstić information content (AvgIpc) is 2.24. The number of pyridine rings is 1. The summed E-state index contributed by atoms with van der Waals surface area (Å²) in [6, 6.07) is 3.73. The van der Waals surface area contributed by atoms with Gasteiger partial charge in [-0.2, -0.15) is 0 Å². The fourth-order valence-electron chi connectivity index (χ4n) is 1.01. The highest BCUT2D eigenvalue weighted by atomic mass is 16.5. The summed E-state index contributed by atoms with van der Waals surface area (Å²) < 4.78 is 10.9. The molecule has 0 amide bonds. The fourth-order valence-corrected chi connectivity index (χ4v) is 1.01. The van der Waals surface area contributed by atoms with Crippen LogP contribution in [-0.4, -0.2) is 18.2 Å². The Hall–Kier alpha value is -1.25. The lowest BCUT2D eigenvalue weighted by Crippen LogP contribution is -2.02. The third-order valence-electron chi connectivity index (χ3n) is 1.64. The van der Waals surface area contributed by atoms with Gasteiger partial charge in [0.15, 0.2) is 5.75 Å². The van der Waals surface area contributed by atoms with Gasteiger partial charge in [-0.3, -0.25) is 0 Å². The Kier molecular flexibility index (Phi) is 4.83. The Balaban J connectivity index is 2.60. The van der Waals surface area contributed by atoms with Crippen LogP contribution < -0.4 is 9.47 Å². The predicted octanol–water partition coefficient (Wildman–Crippen LogP) is 2.66. The molecule has 0 radical (unpaired) electrons. The van der Waals surface area contributed by atoms with Crippen molar-refractivity contribution in [2.45, 2.75) is 26.7 Å². The molecule has 14 heavy (non-hydrogen) atoms. The lowest BCUT2D eigenvalue weighted by molar-refractivity contribution is 0.259. The quantitative estimate of drug-likeness (QED) is 0.699. The second kappa shape index (κ2) is 6.24. The molecule has 3 nitrogen and oxygen atoms in total. The Morgan fingerprint density at radius 3 is 2.57 bits per heavy atom. The van der Waals surface area contributed by atoms with Crippen molar-refractivity contribution in [3.63, 3.8) is 0 Å². The minimum atomic E-state index is 0.600. The van der Waals surface area contributed by atoms with Crippen molar-refractivity contribution in [3.8, 4) is 11.6 Å². The molecule has 0 aliphatic heterocycles. The summed E-state index contributed by atoms with van der Waals surface area (Å²) in [4.78, 5) is 4.12. The largest absolute Gasteiger partial charge is 0.488 e. The molecule has 0 spiro atoms. The first-order valence-corrected chi connectivity index (χ1v) is 5.09. The zero-order valence-corrected chi connectivity index (χ0v) is 8.82. The third kappa shape index (κ3) is 3.24. The maximum atomic E-state index is 5.50. The van der Waals surface area contributed by atoms with Crippen LogP contribution in [0.25, 0.3) is 0 Å². The molecule has 78 valence electrons. The van der Waals surface area contributed by atoms with Crippen LogP contribution in [0.3, 0.4) is 0 Å². The first kappa shape index (κ1) is 10.8. The van der Waals surface area contributed by atoms with Gasteiger partial charge in [-0.05, 0) is 25.0 Å². The van der Waals surface area contributed by atoms with Gasteiger partial charge >= 0.3 is 0 Å². The summed E-state index contributed by atoms with van der Waals surface area (Å²) in [5.74, 6) is 1.34. The zero-order chi connectivity index (χ0) is 10.2. The van der Waals surface area contributed by atoms with Crippen LogP contribution in [0.1, 0.15) is 26.7 Å². The molecule has 0 unspecified atom stereocenters. The van der Waals surface area contributed by atoms with Gasteiger partial charge in [0.2, 0.25) is 0 Å². The molecule has 0 aliphatic rings. The van der Waals surface area contributed by atoms with Crippen molar-refractivity contribution in [1.82, 2.24) is 4.98 Å². The molecule has 0 aromatic carbocycles. The van der Waals surface area contributed by atoms with Gasteiger partial charge in [-0.25, -0.2) is 4.98 Å². The first-order chi connectivity index (χ1) is 6.88. The van der Waals surface area contributed by atoms with Gasteiger partial charge in [0.1, 0.15) is 0 Å². The van der Waals surface area contributed by atoms with Crippen molar-refractivity contribution in [2.75, 3.05) is 13.2 Å². The molecule has 0 atom stereocenters. The van der Waals surface area contributed by atoms with Crippen LogP contribution in [0.4, 0.5) is 0 Å². The Morgan fingerprint density at radius 1 is 1.14 bits per heavy atom. The minimum absolute atomic E-state index is 0.600. The van der Waals surface area contributed by atoms with Crippen LogP contribution in [0.2, 0.25) is 0 Å². The number of rotatable bonds is 6. The normalized spacial score (nSPS) is 9.86. The molecular formula is C11H17NO2. The van der Waals surface area contributed by atoms with Crippen LogP contribution >= 0.6 is 0 Å². The van der Waals surface area contributed by atoms with Crippen molar-refractivity contribution >= 4 is 0 Å². The van der Waals surface area contributed by atoms with E-state index in [9.17, 15) is 0 Å². The minimum Gasteiger partial charge on any atom is -0.488 e. The van der Waals surface area contributed by atoms with Gasteiger partial charge in [0.25, 0.3) is 5.88 Å². The summed E-state index contributed by atoms with van der Waals surface area (Å²) >= 11 is 0. The van der Waals surface area contributed by atoms with E-state index in [4.69, 9.17) is 9.47 Å². The summed E-state index contributed by atoms with van der Waals surface area (Å²) in [6.07, 6.45) is 3.68. The molecule has 1 aromatic rings. The van der Waals surface area contributed by atoms with Crippen molar-refractivity contribution in [2.24, 2.45) is 0 Å². The molecule has 0 bridgehead atoms. The van der Waals surface area contributed by atoms with Gasteiger partial charge in [0.05, 0.1) is 13.2 Å². The van der Waals surface area contributed by atoms with Crippen molar-refractivity contribution in [1.29, 1.82) is 0 Å². The lowest BCUT2D eigenvalue weighted by atomic mass is 10.4. The molecule has 0 aliphatic carbocycles.